The molecule has 1 aromatic carbocycles. The van der Waals surface area contributed by atoms with Crippen LogP contribution in [-0.2, 0) is 4.79 Å². The lowest BCUT2D eigenvalue weighted by molar-refractivity contribution is -0.118. The van der Waals surface area contributed by atoms with E-state index in [-0.39, 0.29) is 17.5 Å². The van der Waals surface area contributed by atoms with Crippen LogP contribution in [0.5, 0.6) is 0 Å². The number of carbonyl (C=O) groups excluding carboxylic acids is 1. The molecule has 0 saturated carbocycles. The molecule has 108 valence electrons. The molecule has 0 amide bonds. The molecule has 0 aliphatic carbocycles. The van der Waals surface area contributed by atoms with Crippen LogP contribution < -0.4 is 5.48 Å². The highest BCUT2D eigenvalue weighted by Crippen LogP contribution is 2.21. The number of amidine groups is 1. The molecular formula is C13H16ClN3O2S. The highest BCUT2D eigenvalue weighted by molar-refractivity contribution is 7.77. The second-order valence-corrected chi connectivity index (χ2v) is 5.65. The fourth-order valence-corrected chi connectivity index (χ4v) is 2.55. The number of halogens is 1. The lowest BCUT2D eigenvalue weighted by atomic mass is 9.93. The Bertz CT molecular complexity index is 516. The van der Waals surface area contributed by atoms with Gasteiger partial charge in [0.05, 0.1) is 5.69 Å². The van der Waals surface area contributed by atoms with Gasteiger partial charge in [-0.2, -0.15) is 0 Å². The first-order valence-corrected chi connectivity index (χ1v) is 7.10. The minimum atomic E-state index is -0.186. The van der Waals surface area contributed by atoms with Gasteiger partial charge in [-0.05, 0) is 31.0 Å². The van der Waals surface area contributed by atoms with E-state index in [1.807, 2.05) is 9.79 Å². The smallest absolute Gasteiger partial charge is 0.203 e. The van der Waals surface area contributed by atoms with Crippen molar-refractivity contribution in [1.29, 1.82) is 0 Å². The molecule has 0 bridgehead atoms. The zero-order valence-corrected chi connectivity index (χ0v) is 12.4. The van der Waals surface area contributed by atoms with Crippen molar-refractivity contribution in [2.24, 2.45) is 10.9 Å². The van der Waals surface area contributed by atoms with Crippen LogP contribution in [0.2, 0.25) is 5.02 Å². The average Bonchev–Trinajstić information content (AvgIpc) is 2.45. The van der Waals surface area contributed by atoms with Crippen molar-refractivity contribution < 1.29 is 10.0 Å². The van der Waals surface area contributed by atoms with Crippen LogP contribution in [0.1, 0.15) is 12.8 Å². The molecule has 1 heterocycles. The lowest BCUT2D eigenvalue weighted by Gasteiger charge is -2.26. The number of carbonyl (C=O) groups is 1. The van der Waals surface area contributed by atoms with Gasteiger partial charge in [-0.25, -0.2) is 10.5 Å². The maximum absolute atomic E-state index is 12.3. The Balaban J connectivity index is 2.13. The molecular weight excluding hydrogens is 298 g/mol. The summed E-state index contributed by atoms with van der Waals surface area (Å²) in [6.07, 6.45) is 1.41. The van der Waals surface area contributed by atoms with Crippen molar-refractivity contribution in [1.82, 2.24) is 9.79 Å². The number of benzene rings is 1. The molecule has 5 nitrogen and oxygen atoms in total. The van der Waals surface area contributed by atoms with E-state index in [1.165, 1.54) is 0 Å². The van der Waals surface area contributed by atoms with Gasteiger partial charge in [0.15, 0.2) is 5.84 Å². The fourth-order valence-electron chi connectivity index (χ4n) is 2.13. The average molecular weight is 314 g/mol. The van der Waals surface area contributed by atoms with E-state index in [9.17, 15) is 4.79 Å². The van der Waals surface area contributed by atoms with E-state index >= 15 is 0 Å². The number of Topliss-reactive ketones (excluding diaryl/α,β-unsaturated/α-hetero) is 1. The van der Waals surface area contributed by atoms with Gasteiger partial charge in [-0.15, -0.1) is 0 Å². The van der Waals surface area contributed by atoms with Crippen LogP contribution in [0.25, 0.3) is 0 Å². The Labute approximate surface area is 128 Å². The summed E-state index contributed by atoms with van der Waals surface area (Å²) < 4.78 is 1.88. The second kappa shape index (κ2) is 7.08. The van der Waals surface area contributed by atoms with Gasteiger partial charge in [0.1, 0.15) is 0 Å². The topological polar surface area (TPSA) is 64.9 Å². The SMILES string of the molecule is O=C(C(=Nc1cccc(Cl)c1)NO)C1CCN(S)CC1. The molecule has 7 heteroatoms. The van der Waals surface area contributed by atoms with Crippen molar-refractivity contribution in [3.8, 4) is 0 Å². The fraction of sp³-hybridized carbons (Fsp3) is 0.385. The minimum absolute atomic E-state index is 0.0510. The summed E-state index contributed by atoms with van der Waals surface area (Å²) in [7, 11) is 0. The van der Waals surface area contributed by atoms with Gasteiger partial charge < -0.3 is 0 Å². The molecule has 1 fully saturated rings. The zero-order valence-electron chi connectivity index (χ0n) is 10.8. The van der Waals surface area contributed by atoms with Gasteiger partial charge in [-0.3, -0.25) is 14.3 Å². The molecule has 0 spiro atoms. The Morgan fingerprint density at radius 2 is 2.15 bits per heavy atom. The first-order valence-electron chi connectivity index (χ1n) is 6.32. The Kier molecular flexibility index (Phi) is 5.42. The largest absolute Gasteiger partial charge is 0.290 e. The van der Waals surface area contributed by atoms with Crippen molar-refractivity contribution in [3.63, 3.8) is 0 Å². The van der Waals surface area contributed by atoms with Crippen LogP contribution in [0.15, 0.2) is 29.3 Å². The number of piperidine rings is 1. The van der Waals surface area contributed by atoms with Crippen LogP contribution in [-0.4, -0.2) is 34.2 Å². The van der Waals surface area contributed by atoms with Crippen molar-refractivity contribution in [2.75, 3.05) is 13.1 Å². The monoisotopic (exact) mass is 313 g/mol. The number of hydrogen-bond donors (Lipinski definition) is 3. The van der Waals surface area contributed by atoms with Crippen molar-refractivity contribution >= 4 is 41.7 Å². The van der Waals surface area contributed by atoms with Crippen molar-refractivity contribution in [2.45, 2.75) is 12.8 Å². The summed E-state index contributed by atoms with van der Waals surface area (Å²) in [5.41, 5.74) is 2.43. The van der Waals surface area contributed by atoms with Crippen LogP contribution in [0.3, 0.4) is 0 Å². The molecule has 1 saturated heterocycles. The Morgan fingerprint density at radius 1 is 1.45 bits per heavy atom. The van der Waals surface area contributed by atoms with E-state index in [1.54, 1.807) is 24.3 Å². The highest BCUT2D eigenvalue weighted by atomic mass is 35.5. The summed E-state index contributed by atoms with van der Waals surface area (Å²) in [5.74, 6) is -0.380. The number of rotatable bonds is 3. The van der Waals surface area contributed by atoms with E-state index in [0.29, 0.717) is 23.6 Å². The van der Waals surface area contributed by atoms with Crippen molar-refractivity contribution in [3.05, 3.63) is 29.3 Å². The number of nitrogens with zero attached hydrogens (tertiary/aromatic N) is 2. The third-order valence-corrected chi connectivity index (χ3v) is 3.87. The van der Waals surface area contributed by atoms with Crippen LogP contribution >= 0.6 is 24.4 Å². The first kappa shape index (κ1) is 15.3. The summed E-state index contributed by atoms with van der Waals surface area (Å²) >= 11 is 10.1. The molecule has 20 heavy (non-hydrogen) atoms. The van der Waals surface area contributed by atoms with Gasteiger partial charge in [-0.1, -0.05) is 30.5 Å². The number of aliphatic imine (C=N–C) groups is 1. The van der Waals surface area contributed by atoms with Gasteiger partial charge in [0, 0.05) is 24.0 Å². The van der Waals surface area contributed by atoms with Gasteiger partial charge >= 0.3 is 0 Å². The maximum atomic E-state index is 12.3. The highest BCUT2D eigenvalue weighted by Gasteiger charge is 2.27. The van der Waals surface area contributed by atoms with E-state index < -0.39 is 0 Å². The van der Waals surface area contributed by atoms with Crippen LogP contribution in [0.4, 0.5) is 5.69 Å². The molecule has 0 unspecified atom stereocenters. The molecule has 1 aromatic rings. The number of hydrogen-bond acceptors (Lipinski definition) is 5. The normalized spacial score (nSPS) is 18.1. The number of ketones is 1. The third kappa shape index (κ3) is 3.96. The molecule has 1 aliphatic rings. The predicted molar refractivity (Wildman–Crippen MR) is 81.8 cm³/mol. The quantitative estimate of drug-likeness (QED) is 0.347. The Hall–Kier alpha value is -1.08. The number of hydroxylamine groups is 1. The molecule has 0 aromatic heterocycles. The molecule has 2 rings (SSSR count). The number of nitrogens with one attached hydrogen (secondary N) is 1. The van der Waals surface area contributed by atoms with E-state index in [2.05, 4.69) is 17.8 Å². The van der Waals surface area contributed by atoms with Crippen LogP contribution in [0, 0.1) is 5.92 Å². The summed E-state index contributed by atoms with van der Waals surface area (Å²) in [6.45, 7) is 1.49. The van der Waals surface area contributed by atoms with E-state index in [0.717, 1.165) is 13.1 Å². The summed E-state index contributed by atoms with van der Waals surface area (Å²) in [6, 6.07) is 6.80. The van der Waals surface area contributed by atoms with Gasteiger partial charge in [0.2, 0.25) is 5.78 Å². The maximum Gasteiger partial charge on any atom is 0.203 e. The van der Waals surface area contributed by atoms with E-state index in [4.69, 9.17) is 16.8 Å². The minimum Gasteiger partial charge on any atom is -0.290 e. The first-order chi connectivity index (χ1) is 9.60. The zero-order chi connectivity index (χ0) is 14.5. The molecule has 1 aliphatic heterocycles. The summed E-state index contributed by atoms with van der Waals surface area (Å²) in [5, 5.41) is 9.68. The molecule has 2 N–H and O–H groups in total. The lowest BCUT2D eigenvalue weighted by Crippen LogP contribution is -2.38. The molecule has 0 atom stereocenters. The Morgan fingerprint density at radius 3 is 2.75 bits per heavy atom. The summed E-state index contributed by atoms with van der Waals surface area (Å²) in [4.78, 5) is 16.4. The van der Waals surface area contributed by atoms with Gasteiger partial charge in [0.25, 0.3) is 0 Å². The number of thiol groups is 1. The molecule has 0 radical (unpaired) electrons. The predicted octanol–water partition coefficient (Wildman–Crippen LogP) is 2.47. The standard InChI is InChI=1S/C13H16ClN3O2S/c14-10-2-1-3-11(8-10)15-13(16-19)12(18)9-4-6-17(20)7-5-9/h1-3,8-9,19-20H,4-7H2,(H,15,16). The third-order valence-electron chi connectivity index (χ3n) is 3.23. The second-order valence-electron chi connectivity index (χ2n) is 4.64.